The molecule has 0 fully saturated rings. The molecule has 48 heavy (non-hydrogen) atoms. The summed E-state index contributed by atoms with van der Waals surface area (Å²) in [6.45, 7) is 15.0. The van der Waals surface area contributed by atoms with Gasteiger partial charge < -0.3 is 36.3 Å². The molecule has 0 aromatic heterocycles. The molecule has 13 heteroatoms. The molecule has 0 heterocycles. The van der Waals surface area contributed by atoms with Gasteiger partial charge in [0.25, 0.3) is 5.91 Å². The van der Waals surface area contributed by atoms with Gasteiger partial charge >= 0.3 is 5.97 Å². The van der Waals surface area contributed by atoms with Crippen molar-refractivity contribution in [2.24, 2.45) is 16.6 Å². The first kappa shape index (κ1) is 42.6. The number of nitrogens with one attached hydrogen (secondary N) is 4. The molecule has 0 radical (unpaired) electrons. The van der Waals surface area contributed by atoms with Crippen molar-refractivity contribution in [1.29, 1.82) is 0 Å². The first-order chi connectivity index (χ1) is 22.2. The predicted octanol–water partition coefficient (Wildman–Crippen LogP) is 2.92. The Hall–Kier alpha value is -3.39. The SMILES string of the molecule is CNc1ccc(C(=O)NCCCCC(NC(C)(C)C(=O)COCCOCCNC(C)(C)C(=O)C(C)(C)CC(C)(C)C(=O)O)C(N)=O)cc1. The Kier molecular flexibility index (Phi) is 16.8. The number of rotatable bonds is 25. The molecule has 1 atom stereocenters. The first-order valence-electron chi connectivity index (χ1n) is 16.5. The van der Waals surface area contributed by atoms with Crippen LogP contribution in [-0.4, -0.2) is 98.1 Å². The van der Waals surface area contributed by atoms with Crippen LogP contribution in [0.5, 0.6) is 0 Å². The quantitative estimate of drug-likeness (QED) is 0.0832. The summed E-state index contributed by atoms with van der Waals surface area (Å²) in [5, 5.41) is 21.6. The normalized spacial score (nSPS) is 13.1. The average Bonchev–Trinajstić information content (AvgIpc) is 3.00. The van der Waals surface area contributed by atoms with Gasteiger partial charge in [-0.3, -0.25) is 29.3 Å². The molecular weight excluding hydrogens is 618 g/mol. The molecule has 0 bridgehead atoms. The smallest absolute Gasteiger partial charge is 0.309 e. The molecule has 0 aliphatic carbocycles. The molecule has 1 rings (SSSR count). The van der Waals surface area contributed by atoms with Crippen LogP contribution in [0.4, 0.5) is 5.69 Å². The van der Waals surface area contributed by atoms with Crippen LogP contribution in [-0.2, 0) is 28.7 Å². The number of Topliss-reactive ketones (excluding diaryl/α,β-unsaturated/α-hetero) is 2. The molecule has 0 aliphatic rings. The van der Waals surface area contributed by atoms with Crippen molar-refractivity contribution < 1.29 is 38.6 Å². The highest BCUT2D eigenvalue weighted by Crippen LogP contribution is 2.37. The van der Waals surface area contributed by atoms with Gasteiger partial charge in [-0.2, -0.15) is 0 Å². The van der Waals surface area contributed by atoms with Crippen LogP contribution in [0.3, 0.4) is 0 Å². The van der Waals surface area contributed by atoms with E-state index in [1.807, 2.05) is 12.1 Å². The number of carbonyl (C=O) groups excluding carboxylic acids is 4. The molecule has 1 aromatic rings. The second-order valence-corrected chi connectivity index (χ2v) is 14.5. The minimum atomic E-state index is -1.07. The number of nitrogens with two attached hydrogens (primary N) is 1. The number of primary amides is 1. The first-order valence-corrected chi connectivity index (χ1v) is 16.5. The van der Waals surface area contributed by atoms with E-state index >= 15 is 0 Å². The van der Waals surface area contributed by atoms with Crippen molar-refractivity contribution in [3.05, 3.63) is 29.8 Å². The van der Waals surface area contributed by atoms with Gasteiger partial charge in [0, 0.05) is 36.8 Å². The van der Waals surface area contributed by atoms with Gasteiger partial charge in [0.1, 0.15) is 6.61 Å². The summed E-state index contributed by atoms with van der Waals surface area (Å²) in [5.74, 6) is -2.02. The summed E-state index contributed by atoms with van der Waals surface area (Å²) < 4.78 is 11.1. The zero-order chi connectivity index (χ0) is 36.8. The fourth-order valence-corrected chi connectivity index (χ4v) is 5.56. The zero-order valence-corrected chi connectivity index (χ0v) is 30.3. The number of unbranched alkanes of at least 4 members (excludes halogenated alkanes) is 1. The number of ether oxygens (including phenoxy) is 2. The summed E-state index contributed by atoms with van der Waals surface area (Å²) in [6.07, 6.45) is 1.85. The Labute approximate surface area is 285 Å². The summed E-state index contributed by atoms with van der Waals surface area (Å²) >= 11 is 0. The van der Waals surface area contributed by atoms with Crippen LogP contribution >= 0.6 is 0 Å². The van der Waals surface area contributed by atoms with Crippen molar-refractivity contribution in [3.8, 4) is 0 Å². The van der Waals surface area contributed by atoms with E-state index in [1.165, 1.54) is 0 Å². The van der Waals surface area contributed by atoms with Crippen molar-refractivity contribution in [1.82, 2.24) is 16.0 Å². The average molecular weight is 678 g/mol. The fourth-order valence-electron chi connectivity index (χ4n) is 5.56. The third kappa shape index (κ3) is 14.4. The Balaban J connectivity index is 2.36. The van der Waals surface area contributed by atoms with Gasteiger partial charge in [0.15, 0.2) is 11.6 Å². The van der Waals surface area contributed by atoms with E-state index in [2.05, 4.69) is 21.3 Å². The summed E-state index contributed by atoms with van der Waals surface area (Å²) in [5.41, 5.74) is 3.25. The summed E-state index contributed by atoms with van der Waals surface area (Å²) in [6, 6.07) is 6.41. The minimum absolute atomic E-state index is 0.0862. The third-order valence-corrected chi connectivity index (χ3v) is 8.28. The van der Waals surface area contributed by atoms with Crippen LogP contribution in [0, 0.1) is 10.8 Å². The van der Waals surface area contributed by atoms with Crippen LogP contribution in [0.15, 0.2) is 24.3 Å². The topological polar surface area (TPSA) is 198 Å². The molecule has 0 saturated heterocycles. The number of amides is 2. The lowest BCUT2D eigenvalue weighted by Gasteiger charge is -2.37. The summed E-state index contributed by atoms with van der Waals surface area (Å²) in [7, 11) is 1.81. The zero-order valence-electron chi connectivity index (χ0n) is 30.3. The van der Waals surface area contributed by atoms with Gasteiger partial charge in [-0.25, -0.2) is 0 Å². The Morgan fingerprint density at radius 1 is 0.812 bits per heavy atom. The highest BCUT2D eigenvalue weighted by molar-refractivity contribution is 5.94. The van der Waals surface area contributed by atoms with E-state index in [9.17, 15) is 29.1 Å². The van der Waals surface area contributed by atoms with Gasteiger partial charge in [0.2, 0.25) is 5.91 Å². The maximum absolute atomic E-state index is 13.2. The number of ketones is 2. The molecule has 0 saturated carbocycles. The lowest BCUT2D eigenvalue weighted by Crippen LogP contribution is -2.56. The summed E-state index contributed by atoms with van der Waals surface area (Å²) in [4.78, 5) is 62.0. The Bertz CT molecular complexity index is 1230. The number of hydrogen-bond acceptors (Lipinski definition) is 10. The lowest BCUT2D eigenvalue weighted by atomic mass is 9.69. The van der Waals surface area contributed by atoms with E-state index in [0.29, 0.717) is 44.5 Å². The standard InChI is InChI=1S/C35H59N5O8/c1-32(2,23-33(3,4)31(45)46)30(44)35(7,8)39-18-19-47-20-21-48-22-27(41)34(5,6)40-26(28(36)42)12-10-11-17-38-29(43)24-13-15-25(37-9)16-14-24/h13-16,26,37,39-40H,10-12,17-23H2,1-9H3,(H2,36,42)(H,38,43)(H,45,46). The highest BCUT2D eigenvalue weighted by atomic mass is 16.5. The van der Waals surface area contributed by atoms with Crippen LogP contribution in [0.1, 0.15) is 91.4 Å². The number of benzene rings is 1. The van der Waals surface area contributed by atoms with Crippen molar-refractivity contribution in [2.45, 2.75) is 98.2 Å². The maximum atomic E-state index is 13.2. The van der Waals surface area contributed by atoms with Gasteiger partial charge in [0.05, 0.1) is 42.4 Å². The Morgan fingerprint density at radius 3 is 1.98 bits per heavy atom. The Morgan fingerprint density at radius 2 is 1.42 bits per heavy atom. The van der Waals surface area contributed by atoms with E-state index < -0.39 is 39.8 Å². The van der Waals surface area contributed by atoms with Gasteiger partial charge in [-0.05, 0) is 91.5 Å². The molecule has 1 unspecified atom stereocenters. The maximum Gasteiger partial charge on any atom is 0.309 e. The fraction of sp³-hybridized carbons (Fsp3) is 0.686. The highest BCUT2D eigenvalue weighted by Gasteiger charge is 2.44. The van der Waals surface area contributed by atoms with Crippen LogP contribution in [0.25, 0.3) is 0 Å². The number of carbonyl (C=O) groups is 5. The molecule has 1 aromatic carbocycles. The van der Waals surface area contributed by atoms with Crippen molar-refractivity contribution in [2.75, 3.05) is 51.9 Å². The largest absolute Gasteiger partial charge is 0.481 e. The van der Waals surface area contributed by atoms with Crippen molar-refractivity contribution in [3.63, 3.8) is 0 Å². The van der Waals surface area contributed by atoms with Crippen LogP contribution < -0.4 is 27.0 Å². The number of anilines is 1. The molecule has 7 N–H and O–H groups in total. The molecule has 13 nitrogen and oxygen atoms in total. The van der Waals surface area contributed by atoms with E-state index in [4.69, 9.17) is 15.2 Å². The van der Waals surface area contributed by atoms with E-state index in [0.717, 1.165) is 5.69 Å². The van der Waals surface area contributed by atoms with Crippen molar-refractivity contribution >= 4 is 35.0 Å². The predicted molar refractivity (Wildman–Crippen MR) is 186 cm³/mol. The molecule has 272 valence electrons. The minimum Gasteiger partial charge on any atom is -0.481 e. The molecule has 0 aliphatic heterocycles. The number of hydrogen-bond donors (Lipinski definition) is 6. The lowest BCUT2D eigenvalue weighted by molar-refractivity contribution is -0.150. The van der Waals surface area contributed by atoms with Crippen LogP contribution in [0.2, 0.25) is 0 Å². The molecular formula is C35H59N5O8. The van der Waals surface area contributed by atoms with E-state index in [1.54, 1.807) is 74.6 Å². The monoisotopic (exact) mass is 677 g/mol. The number of aliphatic carboxylic acids is 1. The van der Waals surface area contributed by atoms with Gasteiger partial charge in [-0.1, -0.05) is 13.8 Å². The second kappa shape index (κ2) is 19.0. The second-order valence-electron chi connectivity index (χ2n) is 14.5. The third-order valence-electron chi connectivity index (χ3n) is 8.28. The van der Waals surface area contributed by atoms with Gasteiger partial charge in [-0.15, -0.1) is 0 Å². The molecule has 0 spiro atoms. The number of carboxylic acid groups (broad SMARTS) is 1. The molecule has 2 amide bonds. The van der Waals surface area contributed by atoms with E-state index in [-0.39, 0.29) is 43.7 Å². The number of carboxylic acids is 1.